The molecule has 0 spiro atoms. The molecule has 9 aliphatic rings. The van der Waals surface area contributed by atoms with E-state index in [1.54, 1.807) is 49.7 Å². The topological polar surface area (TPSA) is 195 Å². The number of aryl methyl sites for hydroxylation is 3. The molecule has 0 saturated carbocycles. The van der Waals surface area contributed by atoms with Crippen molar-refractivity contribution in [3.8, 4) is 33.4 Å². The number of hydrogen-bond donors (Lipinski definition) is 0. The summed E-state index contributed by atoms with van der Waals surface area (Å²) in [5.41, 5.74) is 9.37. The van der Waals surface area contributed by atoms with E-state index in [1.807, 2.05) is 70.0 Å². The van der Waals surface area contributed by atoms with Crippen LogP contribution in [0.2, 0.25) is 5.02 Å². The number of rotatable bonds is 15. The van der Waals surface area contributed by atoms with Gasteiger partial charge in [-0.15, -0.1) is 35.3 Å². The lowest BCUT2D eigenvalue weighted by Crippen LogP contribution is -2.58. The molecule has 0 aliphatic carbocycles. The molecule has 3 amide bonds. The summed E-state index contributed by atoms with van der Waals surface area (Å²) in [7, 11) is 0. The number of halogens is 5. The van der Waals surface area contributed by atoms with Gasteiger partial charge >= 0.3 is 17.1 Å². The fraction of sp³-hybridized carbons (Fsp3) is 0.463. The van der Waals surface area contributed by atoms with Crippen molar-refractivity contribution in [2.45, 2.75) is 120 Å². The van der Waals surface area contributed by atoms with Crippen molar-refractivity contribution in [3.05, 3.63) is 193 Å². The highest BCUT2D eigenvalue weighted by atomic mass is 35.5. The van der Waals surface area contributed by atoms with E-state index in [4.69, 9.17) is 16.6 Å². The zero-order valence-electron chi connectivity index (χ0n) is 73.8. The Labute approximate surface area is 756 Å². The van der Waals surface area contributed by atoms with Crippen LogP contribution >= 0.6 is 46.9 Å². The van der Waals surface area contributed by atoms with Crippen LogP contribution in [0.15, 0.2) is 146 Å². The third-order valence-electron chi connectivity index (χ3n) is 27.1. The van der Waals surface area contributed by atoms with Gasteiger partial charge in [-0.2, -0.15) is 15.0 Å². The summed E-state index contributed by atoms with van der Waals surface area (Å²) in [6.07, 6.45) is 4.03. The van der Waals surface area contributed by atoms with Gasteiger partial charge in [0.15, 0.2) is 0 Å². The lowest BCUT2D eigenvalue weighted by Gasteiger charge is -2.44. The van der Waals surface area contributed by atoms with E-state index in [0.717, 1.165) is 197 Å². The van der Waals surface area contributed by atoms with Crippen molar-refractivity contribution in [2.24, 2.45) is 0 Å². The van der Waals surface area contributed by atoms with E-state index in [9.17, 15) is 41.9 Å². The summed E-state index contributed by atoms with van der Waals surface area (Å²) >= 11 is 11.4. The molecule has 6 saturated heterocycles. The first-order valence-electron chi connectivity index (χ1n) is 44.5. The van der Waals surface area contributed by atoms with Crippen LogP contribution in [-0.4, -0.2) is 302 Å². The normalized spacial score (nSPS) is 21.3. The number of piperazine rings is 6. The molecule has 672 valence electrons. The summed E-state index contributed by atoms with van der Waals surface area (Å²) in [5, 5.41) is 2.55. The van der Waals surface area contributed by atoms with Gasteiger partial charge in [0.25, 0.3) is 0 Å². The number of amides is 3. The van der Waals surface area contributed by atoms with Gasteiger partial charge in [0, 0.05) is 270 Å². The van der Waals surface area contributed by atoms with E-state index in [2.05, 4.69) is 116 Å². The van der Waals surface area contributed by atoms with Crippen LogP contribution in [0.1, 0.15) is 51.3 Å². The van der Waals surface area contributed by atoms with Crippen molar-refractivity contribution >= 4 is 115 Å². The van der Waals surface area contributed by atoms with Crippen LogP contribution in [-0.2, 0) is 34.0 Å². The smallest absolute Gasteiger partial charge is 0.350 e. The van der Waals surface area contributed by atoms with Crippen LogP contribution in [0.3, 0.4) is 0 Å². The maximum atomic E-state index is 15.4. The molecule has 32 heteroatoms. The second-order valence-corrected chi connectivity index (χ2v) is 38.0. The fourth-order valence-corrected chi connectivity index (χ4v) is 24.6. The second-order valence-electron chi connectivity index (χ2n) is 34.5. The summed E-state index contributed by atoms with van der Waals surface area (Å²) in [4.78, 5) is 122. The summed E-state index contributed by atoms with van der Waals surface area (Å²) in [6, 6.07) is 22.0. The van der Waals surface area contributed by atoms with Crippen molar-refractivity contribution in [3.63, 3.8) is 0 Å². The average molecular weight is 1810 g/mol. The molecule has 3 aromatic heterocycles. The van der Waals surface area contributed by atoms with Gasteiger partial charge < -0.3 is 44.1 Å². The Balaban J connectivity index is 0.000000140. The number of anilines is 3. The van der Waals surface area contributed by atoms with Crippen molar-refractivity contribution < 1.29 is 31.9 Å². The minimum atomic E-state index is -0.816. The van der Waals surface area contributed by atoms with E-state index >= 15 is 4.39 Å². The van der Waals surface area contributed by atoms with Gasteiger partial charge in [0.1, 0.15) is 40.7 Å². The Morgan fingerprint density at radius 2 is 0.740 bits per heavy atom. The third-order valence-corrected chi connectivity index (χ3v) is 31.1. The molecule has 12 heterocycles. The number of likely N-dealkylation sites (N-methyl/N-ethyl adjacent to an activating group) is 3. The molecule has 3 unspecified atom stereocenters. The molecule has 6 fully saturated rings. The third kappa shape index (κ3) is 18.5. The first kappa shape index (κ1) is 90.9. The van der Waals surface area contributed by atoms with Crippen molar-refractivity contribution in [2.75, 3.05) is 196 Å². The molecule has 0 bridgehead atoms. The molecular formula is C95H113ClF4N18O6S3. The average Bonchev–Trinajstić information content (AvgIpc) is 1.72. The lowest BCUT2D eigenvalue weighted by molar-refractivity contribution is -0.130. The minimum Gasteiger partial charge on any atom is -0.352 e. The van der Waals surface area contributed by atoms with Crippen LogP contribution in [0.4, 0.5) is 35.0 Å². The maximum Gasteiger partial charge on any atom is 0.350 e. The predicted molar refractivity (Wildman–Crippen MR) is 504 cm³/mol. The number of carbonyl (C=O) groups is 3. The number of thioether (sulfide) groups is 3. The monoisotopic (exact) mass is 1810 g/mol. The number of carbonyl (C=O) groups excluding carboxylic acids is 3. The standard InChI is InChI=1S/C33H41FN6O2S.C31H35ClF2N6O2S.C31H37FN6O2S/c1-6-28(41)40-22(4)17-38(18-23(40)5)32-27-16-21(3)29(24-8-10-25(34)11-9-24)31-30(27)39(33(42)35-32)19-26(20-43-31)37-14-12-36(7-2)13-15-37;1-4-26(41)38-10-12-39(13-11-38)30-22-14-19(3)27(21-15-23(32)25(34)16-24(21)33)29-28(22)40(31(42)35-30)17-20(18-43-29)37-8-6-36(5-2)7-9-37;1-4-26(39)36-14-16-37(17-15-36)30-25-18-21(3)27(22-6-8-23(32)9-7-22)29-28(25)38(31(40)33-30)19-24(20-41-29)35-12-10-34(5-2)11-13-35/h6,8-11,16,22-23,26H,1,7,12-15,17-20H2,2-5H3;4,14-16,20H,1,5-13,17-18H2,2-3H3;4,6-9,18,24H,1,5,10-17,19-20H2,2-3H3/t22-,23+,26?;;. The number of nitrogens with zero attached hydrogens (tertiary/aromatic N) is 18. The van der Waals surface area contributed by atoms with Gasteiger partial charge in [0.05, 0.1) is 21.6 Å². The highest BCUT2D eigenvalue weighted by molar-refractivity contribution is 8.00. The molecule has 0 N–H and O–H groups in total. The molecule has 127 heavy (non-hydrogen) atoms. The molecule has 18 rings (SSSR count). The van der Waals surface area contributed by atoms with E-state index in [-0.39, 0.29) is 87.2 Å². The van der Waals surface area contributed by atoms with E-state index < -0.39 is 11.6 Å². The number of hydrogen-bond acceptors (Lipinski definition) is 21. The van der Waals surface area contributed by atoms with E-state index in [0.29, 0.717) is 119 Å². The first-order chi connectivity index (χ1) is 61.3. The zero-order chi connectivity index (χ0) is 89.5. The Hall–Kier alpha value is -9.41. The van der Waals surface area contributed by atoms with Gasteiger partial charge in [0.2, 0.25) is 17.7 Å². The van der Waals surface area contributed by atoms with Crippen molar-refractivity contribution in [1.82, 2.24) is 72.8 Å². The molecule has 6 aromatic carbocycles. The lowest BCUT2D eigenvalue weighted by atomic mass is 9.97. The van der Waals surface area contributed by atoms with Crippen LogP contribution in [0, 0.1) is 44.0 Å². The number of aromatic nitrogens is 6. The Bertz CT molecular complexity index is 5890. The summed E-state index contributed by atoms with van der Waals surface area (Å²) < 4.78 is 63.0. The maximum absolute atomic E-state index is 15.4. The Kier molecular flexibility index (Phi) is 28.0. The summed E-state index contributed by atoms with van der Waals surface area (Å²) in [5.74, 6) is 1.99. The highest BCUT2D eigenvalue weighted by Crippen LogP contribution is 2.49. The Morgan fingerprint density at radius 3 is 1.07 bits per heavy atom. The Morgan fingerprint density at radius 1 is 0.417 bits per heavy atom. The second kappa shape index (κ2) is 39.1. The van der Waals surface area contributed by atoms with Crippen molar-refractivity contribution in [1.29, 1.82) is 0 Å². The van der Waals surface area contributed by atoms with Gasteiger partial charge in [-0.3, -0.25) is 42.8 Å². The molecule has 0 radical (unpaired) electrons. The van der Waals surface area contributed by atoms with Crippen LogP contribution < -0.4 is 31.8 Å². The quantitative estimate of drug-likeness (QED) is 0.0533. The van der Waals surface area contributed by atoms with Gasteiger partial charge in [-0.1, -0.05) is 76.4 Å². The molecule has 9 aliphatic heterocycles. The van der Waals surface area contributed by atoms with E-state index in [1.165, 1.54) is 48.6 Å². The minimum absolute atomic E-state index is 0.0659. The molecule has 24 nitrogen and oxygen atoms in total. The SMILES string of the molecule is C=CC(=O)N1CCN(c2nc(=O)n3c4c(c(-c5cc(Cl)c(F)cc5F)c(C)cc24)SCC(N2CCN(CC)CC2)C3)CC1.C=CC(=O)N1CCN(c2nc(=O)n3c4c(c(-c5ccc(F)cc5)c(C)cc24)SCC(N2CCN(CC)CC2)C3)CC1.C=CC(=O)N1[C@H](C)CN(c2nc(=O)n3c4c(c(-c5ccc(F)cc5)c(C)cc24)SCC(N2CCN(CC)CC2)C3)C[C@@H]1C. The van der Waals surface area contributed by atoms with Gasteiger partial charge in [-0.05, 0) is 149 Å². The molecule has 5 atom stereocenters. The number of benzene rings is 6. The zero-order valence-corrected chi connectivity index (χ0v) is 77.0. The molecule has 9 aromatic rings. The fourth-order valence-electron chi connectivity index (χ4n) is 20.1. The van der Waals surface area contributed by atoms with Gasteiger partial charge in [-0.25, -0.2) is 31.9 Å². The first-order valence-corrected chi connectivity index (χ1v) is 47.8. The highest BCUT2D eigenvalue weighted by Gasteiger charge is 2.40. The molecular weight excluding hydrogens is 1700 g/mol. The predicted octanol–water partition coefficient (Wildman–Crippen LogP) is 11.9. The largest absolute Gasteiger partial charge is 0.352 e. The van der Waals surface area contributed by atoms with Crippen LogP contribution in [0.5, 0.6) is 0 Å². The summed E-state index contributed by atoms with van der Waals surface area (Å²) in [6.45, 7) is 49.6. The van der Waals surface area contributed by atoms with Crippen LogP contribution in [0.25, 0.3) is 66.1 Å².